The number of nitrogen functional groups attached to an aromatic ring is 1. The largest absolute Gasteiger partial charge is 0.467 e. The lowest BCUT2D eigenvalue weighted by molar-refractivity contribution is 0.0952. The zero-order chi connectivity index (χ0) is 25.7. The van der Waals surface area contributed by atoms with E-state index in [9.17, 15) is 9.18 Å². The number of benzene rings is 2. The van der Waals surface area contributed by atoms with Crippen LogP contribution in [0.3, 0.4) is 0 Å². The molecule has 0 saturated carbocycles. The molecule has 1 fully saturated rings. The van der Waals surface area contributed by atoms with E-state index in [2.05, 4.69) is 20.2 Å². The van der Waals surface area contributed by atoms with Gasteiger partial charge in [-0.3, -0.25) is 4.79 Å². The van der Waals surface area contributed by atoms with Crippen molar-refractivity contribution in [2.45, 2.75) is 32.3 Å². The van der Waals surface area contributed by atoms with Gasteiger partial charge in [-0.05, 0) is 70.1 Å². The van der Waals surface area contributed by atoms with Crippen LogP contribution in [0, 0.1) is 5.82 Å². The van der Waals surface area contributed by atoms with E-state index in [-0.39, 0.29) is 33.2 Å². The topological polar surface area (TPSA) is 93.4 Å². The van der Waals surface area contributed by atoms with Crippen LogP contribution >= 0.6 is 23.2 Å². The Balaban J connectivity index is 1.45. The van der Waals surface area contributed by atoms with Gasteiger partial charge >= 0.3 is 0 Å². The number of hydrogen-bond donors (Lipinski definition) is 2. The Kier molecular flexibility index (Phi) is 8.61. The summed E-state index contributed by atoms with van der Waals surface area (Å²) in [5, 5.41) is 3.11. The predicted molar refractivity (Wildman–Crippen MR) is 140 cm³/mol. The smallest absolute Gasteiger partial charge is 0.258 e. The van der Waals surface area contributed by atoms with Gasteiger partial charge in [0.25, 0.3) is 11.8 Å². The second-order valence-corrected chi connectivity index (χ2v) is 9.49. The molecule has 3 N–H and O–H groups in total. The van der Waals surface area contributed by atoms with Crippen molar-refractivity contribution in [3.8, 4) is 17.1 Å². The first-order valence-electron chi connectivity index (χ1n) is 11.9. The van der Waals surface area contributed by atoms with Gasteiger partial charge in [0.05, 0.1) is 16.9 Å². The number of rotatable bonds is 9. The van der Waals surface area contributed by atoms with Crippen LogP contribution in [0.15, 0.2) is 42.6 Å². The minimum Gasteiger partial charge on any atom is -0.467 e. The number of nitrogens with two attached hydrogens (primary N) is 1. The molecule has 190 valence electrons. The van der Waals surface area contributed by atoms with E-state index in [4.69, 9.17) is 33.7 Å². The molecule has 1 saturated heterocycles. The normalized spacial score (nSPS) is 14.6. The summed E-state index contributed by atoms with van der Waals surface area (Å²) in [6, 6.07) is 9.68. The number of carbonyl (C=O) groups is 1. The molecule has 36 heavy (non-hydrogen) atoms. The molecule has 4 rings (SSSR count). The highest BCUT2D eigenvalue weighted by atomic mass is 35.5. The van der Waals surface area contributed by atoms with Crippen LogP contribution in [0.4, 0.5) is 10.2 Å². The first-order chi connectivity index (χ1) is 17.3. The van der Waals surface area contributed by atoms with Crippen molar-refractivity contribution in [2.75, 3.05) is 31.9 Å². The number of nitrogens with zero attached hydrogens (tertiary/aromatic N) is 3. The molecular weight excluding hydrogens is 504 g/mol. The van der Waals surface area contributed by atoms with Crippen molar-refractivity contribution in [2.24, 2.45) is 0 Å². The average molecular weight is 532 g/mol. The number of hydrogen-bond acceptors (Lipinski definition) is 6. The van der Waals surface area contributed by atoms with Gasteiger partial charge in [-0.1, -0.05) is 35.3 Å². The van der Waals surface area contributed by atoms with Gasteiger partial charge < -0.3 is 20.7 Å². The van der Waals surface area contributed by atoms with E-state index >= 15 is 0 Å². The van der Waals surface area contributed by atoms with Crippen LogP contribution in [0.1, 0.15) is 48.2 Å². The molecule has 1 aliphatic rings. The summed E-state index contributed by atoms with van der Waals surface area (Å²) < 4.78 is 19.8. The van der Waals surface area contributed by atoms with Crippen LogP contribution in [-0.4, -0.2) is 47.0 Å². The summed E-state index contributed by atoms with van der Waals surface area (Å²) in [4.78, 5) is 23.8. The molecule has 1 amide bonds. The first-order valence-corrected chi connectivity index (χ1v) is 12.6. The standard InChI is InChI=1S/C26H28Cl2FN5O2/c1-16(22-19(27)8-9-20(29)23(22)28)36-26-24(30)32-15-21(33-26)17-6-4-7-18(14-17)25(35)31-10-5-13-34-11-2-3-12-34/h4,6-9,14-16H,2-3,5,10-13H2,1H3,(H2,30,32)(H,31,35). The van der Waals surface area contributed by atoms with Crippen molar-refractivity contribution in [3.05, 3.63) is 69.6 Å². The molecular formula is C26H28Cl2FN5O2. The Morgan fingerprint density at radius 3 is 2.81 bits per heavy atom. The number of ether oxygens (including phenoxy) is 1. The third-order valence-electron chi connectivity index (χ3n) is 6.10. The van der Waals surface area contributed by atoms with E-state index in [1.165, 1.54) is 31.2 Å². The van der Waals surface area contributed by atoms with Gasteiger partial charge in [0.15, 0.2) is 5.82 Å². The fourth-order valence-corrected chi connectivity index (χ4v) is 4.86. The molecule has 7 nitrogen and oxygen atoms in total. The Morgan fingerprint density at radius 1 is 1.25 bits per heavy atom. The number of likely N-dealkylation sites (tertiary alicyclic amines) is 1. The third kappa shape index (κ3) is 6.24. The maximum Gasteiger partial charge on any atom is 0.258 e. The SMILES string of the molecule is CC(Oc1nc(-c2cccc(C(=O)NCCCN3CCCC3)c2)cnc1N)c1c(Cl)ccc(F)c1Cl. The van der Waals surface area contributed by atoms with Gasteiger partial charge in [0, 0.05) is 28.3 Å². The van der Waals surface area contributed by atoms with Gasteiger partial charge in [-0.2, -0.15) is 0 Å². The minimum absolute atomic E-state index is 0.0492. The van der Waals surface area contributed by atoms with Crippen LogP contribution < -0.4 is 15.8 Å². The molecule has 1 atom stereocenters. The molecule has 0 radical (unpaired) electrons. The van der Waals surface area contributed by atoms with E-state index in [1.807, 2.05) is 6.07 Å². The number of carbonyl (C=O) groups excluding carboxylic acids is 1. The van der Waals surface area contributed by atoms with E-state index < -0.39 is 11.9 Å². The molecule has 1 aliphatic heterocycles. The Hall–Kier alpha value is -2.94. The predicted octanol–water partition coefficient (Wildman–Crippen LogP) is 5.53. The molecule has 10 heteroatoms. The first kappa shape index (κ1) is 26.1. The van der Waals surface area contributed by atoms with Gasteiger partial charge in [0.2, 0.25) is 0 Å². The van der Waals surface area contributed by atoms with E-state index in [1.54, 1.807) is 25.1 Å². The van der Waals surface area contributed by atoms with E-state index in [0.717, 1.165) is 26.1 Å². The van der Waals surface area contributed by atoms with Gasteiger partial charge in [-0.15, -0.1) is 0 Å². The molecule has 3 aromatic rings. The Morgan fingerprint density at radius 2 is 2.03 bits per heavy atom. The maximum atomic E-state index is 14.0. The number of anilines is 1. The highest BCUT2D eigenvalue weighted by Crippen LogP contribution is 2.35. The number of halogens is 3. The van der Waals surface area contributed by atoms with E-state index in [0.29, 0.717) is 23.4 Å². The molecule has 0 spiro atoms. The van der Waals surface area contributed by atoms with Crippen LogP contribution in [0.2, 0.25) is 10.0 Å². The lowest BCUT2D eigenvalue weighted by Gasteiger charge is -2.18. The average Bonchev–Trinajstić information content (AvgIpc) is 3.39. The van der Waals surface area contributed by atoms with Crippen LogP contribution in [0.25, 0.3) is 11.3 Å². The second-order valence-electron chi connectivity index (χ2n) is 8.70. The number of amides is 1. The third-order valence-corrected chi connectivity index (χ3v) is 6.81. The highest BCUT2D eigenvalue weighted by molar-refractivity contribution is 6.36. The molecule has 2 aromatic carbocycles. The zero-order valence-electron chi connectivity index (χ0n) is 19.9. The quantitative estimate of drug-likeness (QED) is 0.278. The fraction of sp³-hybridized carbons (Fsp3) is 0.346. The molecule has 0 aliphatic carbocycles. The second kappa shape index (κ2) is 11.9. The van der Waals surface area contributed by atoms with Gasteiger partial charge in [0.1, 0.15) is 11.9 Å². The van der Waals surface area contributed by atoms with Crippen molar-refractivity contribution >= 4 is 34.9 Å². The molecule has 2 heterocycles. The summed E-state index contributed by atoms with van der Waals surface area (Å²) >= 11 is 12.3. The fourth-order valence-electron chi connectivity index (χ4n) is 4.18. The maximum absolute atomic E-state index is 14.0. The molecule has 0 bridgehead atoms. The summed E-state index contributed by atoms with van der Waals surface area (Å²) in [7, 11) is 0. The molecule has 1 unspecified atom stereocenters. The molecule has 1 aromatic heterocycles. The summed E-state index contributed by atoms with van der Waals surface area (Å²) in [6.45, 7) is 5.56. The van der Waals surface area contributed by atoms with Crippen molar-refractivity contribution in [3.63, 3.8) is 0 Å². The van der Waals surface area contributed by atoms with Crippen molar-refractivity contribution in [1.82, 2.24) is 20.2 Å². The number of nitrogens with one attached hydrogen (secondary N) is 1. The van der Waals surface area contributed by atoms with Crippen molar-refractivity contribution < 1.29 is 13.9 Å². The highest BCUT2D eigenvalue weighted by Gasteiger charge is 2.21. The zero-order valence-corrected chi connectivity index (χ0v) is 21.4. The van der Waals surface area contributed by atoms with Crippen LogP contribution in [0.5, 0.6) is 5.88 Å². The minimum atomic E-state index is -0.745. The van der Waals surface area contributed by atoms with Crippen molar-refractivity contribution in [1.29, 1.82) is 0 Å². The summed E-state index contributed by atoms with van der Waals surface area (Å²) in [5.74, 6) is -0.651. The summed E-state index contributed by atoms with van der Waals surface area (Å²) in [5.41, 5.74) is 7.92. The Labute approximate surface area is 219 Å². The lowest BCUT2D eigenvalue weighted by Crippen LogP contribution is -2.28. The number of aromatic nitrogens is 2. The monoisotopic (exact) mass is 531 g/mol. The Bertz CT molecular complexity index is 1240. The van der Waals surface area contributed by atoms with Crippen LogP contribution in [-0.2, 0) is 0 Å². The lowest BCUT2D eigenvalue weighted by atomic mass is 10.1. The van der Waals surface area contributed by atoms with Gasteiger partial charge in [-0.25, -0.2) is 14.4 Å². The summed E-state index contributed by atoms with van der Waals surface area (Å²) in [6.07, 6.45) is 4.18.